The third-order valence-corrected chi connectivity index (χ3v) is 9.94. The molecule has 0 aliphatic heterocycles. The van der Waals surface area contributed by atoms with Gasteiger partial charge in [-0.05, 0) is 36.2 Å². The van der Waals surface area contributed by atoms with Crippen molar-refractivity contribution in [2.24, 2.45) is 0 Å². The highest BCUT2D eigenvalue weighted by Gasteiger charge is 2.13. The van der Waals surface area contributed by atoms with Gasteiger partial charge in [0.05, 0.1) is 6.61 Å². The number of unbranched alkanes of at least 4 members (excludes halogenated alkanes) is 6. The highest BCUT2D eigenvalue weighted by Crippen LogP contribution is 2.56. The summed E-state index contributed by atoms with van der Waals surface area (Å²) in [5.74, 6) is 5.32. The first-order chi connectivity index (χ1) is 11.1. The maximum absolute atomic E-state index is 10.1. The molecular formula is C16H35O2PS4. The van der Waals surface area contributed by atoms with Crippen molar-refractivity contribution in [3.63, 3.8) is 0 Å². The first-order valence-corrected chi connectivity index (χ1v) is 15.5. The van der Waals surface area contributed by atoms with Gasteiger partial charge in [0.15, 0.2) is 0 Å². The van der Waals surface area contributed by atoms with E-state index in [1.807, 2.05) is 23.5 Å². The zero-order valence-corrected chi connectivity index (χ0v) is 19.0. The average molecular weight is 419 g/mol. The Morgan fingerprint density at radius 3 is 1.91 bits per heavy atom. The van der Waals surface area contributed by atoms with Crippen LogP contribution in [-0.2, 0) is 16.3 Å². The van der Waals surface area contributed by atoms with Gasteiger partial charge in [0, 0.05) is 17.3 Å². The van der Waals surface area contributed by atoms with Crippen molar-refractivity contribution in [3.8, 4) is 0 Å². The first kappa shape index (κ1) is 24.6. The number of rotatable bonds is 18. The van der Waals surface area contributed by atoms with E-state index >= 15 is 0 Å². The lowest BCUT2D eigenvalue weighted by atomic mass is 10.2. The van der Waals surface area contributed by atoms with Crippen LogP contribution in [-0.4, -0.2) is 40.3 Å². The quantitative estimate of drug-likeness (QED) is 0.200. The standard InChI is InChI=1S/C16H35O2PS4/c1-3-5-7-9-12-21-14-11-18-19(17,20)23-16-15-22-13-10-8-6-4-2/h3-16H2,1-2H3,(H,17,20). The van der Waals surface area contributed by atoms with Gasteiger partial charge in [-0.1, -0.05) is 63.8 Å². The van der Waals surface area contributed by atoms with E-state index in [2.05, 4.69) is 13.8 Å². The molecule has 0 rings (SSSR count). The lowest BCUT2D eigenvalue weighted by Gasteiger charge is -2.14. The van der Waals surface area contributed by atoms with Gasteiger partial charge >= 0.3 is 0 Å². The Morgan fingerprint density at radius 2 is 1.35 bits per heavy atom. The minimum absolute atomic E-state index is 0.587. The lowest BCUT2D eigenvalue weighted by Crippen LogP contribution is -1.96. The molecule has 0 fully saturated rings. The molecule has 0 aliphatic rings. The normalized spacial score (nSPS) is 14.0. The minimum Gasteiger partial charge on any atom is -0.337 e. The van der Waals surface area contributed by atoms with Crippen LogP contribution < -0.4 is 0 Å². The van der Waals surface area contributed by atoms with Crippen molar-refractivity contribution in [1.82, 2.24) is 0 Å². The van der Waals surface area contributed by atoms with Crippen molar-refractivity contribution in [2.75, 3.05) is 35.4 Å². The predicted molar refractivity (Wildman–Crippen MR) is 118 cm³/mol. The highest BCUT2D eigenvalue weighted by molar-refractivity contribution is 8.67. The molecule has 2 nitrogen and oxygen atoms in total. The molecule has 1 atom stereocenters. The largest absolute Gasteiger partial charge is 0.337 e. The second-order valence-electron chi connectivity index (χ2n) is 5.48. The van der Waals surface area contributed by atoms with E-state index < -0.39 is 5.69 Å². The summed E-state index contributed by atoms with van der Waals surface area (Å²) >= 11 is 10.5. The molecule has 23 heavy (non-hydrogen) atoms. The van der Waals surface area contributed by atoms with Gasteiger partial charge in [0.1, 0.15) is 0 Å². The van der Waals surface area contributed by atoms with Crippen molar-refractivity contribution in [3.05, 3.63) is 0 Å². The average Bonchev–Trinajstić information content (AvgIpc) is 2.52. The van der Waals surface area contributed by atoms with Gasteiger partial charge in [-0.15, -0.1) is 0 Å². The van der Waals surface area contributed by atoms with E-state index in [0.717, 1.165) is 17.3 Å². The van der Waals surface area contributed by atoms with Gasteiger partial charge in [-0.2, -0.15) is 23.5 Å². The van der Waals surface area contributed by atoms with Gasteiger partial charge in [-0.3, -0.25) is 0 Å². The topological polar surface area (TPSA) is 29.5 Å². The molecular weight excluding hydrogens is 383 g/mol. The van der Waals surface area contributed by atoms with Gasteiger partial charge in [-0.25, -0.2) is 0 Å². The predicted octanol–water partition coefficient (Wildman–Crippen LogP) is 6.58. The molecule has 7 heteroatoms. The molecule has 0 aromatic carbocycles. The summed E-state index contributed by atoms with van der Waals surface area (Å²) in [5, 5.41) is 0. The summed E-state index contributed by atoms with van der Waals surface area (Å²) in [7, 11) is 0. The van der Waals surface area contributed by atoms with E-state index in [4.69, 9.17) is 16.3 Å². The van der Waals surface area contributed by atoms with Gasteiger partial charge in [0.2, 0.25) is 5.69 Å². The third-order valence-electron chi connectivity index (χ3n) is 3.25. The molecule has 1 unspecified atom stereocenters. The summed E-state index contributed by atoms with van der Waals surface area (Å²) in [4.78, 5) is 10.1. The van der Waals surface area contributed by atoms with Crippen LogP contribution in [0.15, 0.2) is 0 Å². The molecule has 0 bridgehead atoms. The van der Waals surface area contributed by atoms with Crippen LogP contribution in [0.1, 0.15) is 65.2 Å². The van der Waals surface area contributed by atoms with Crippen molar-refractivity contribution < 1.29 is 9.42 Å². The van der Waals surface area contributed by atoms with Crippen molar-refractivity contribution in [1.29, 1.82) is 0 Å². The summed E-state index contributed by atoms with van der Waals surface area (Å²) < 4.78 is 5.53. The highest BCUT2D eigenvalue weighted by atomic mass is 32.9. The van der Waals surface area contributed by atoms with E-state index in [9.17, 15) is 4.89 Å². The van der Waals surface area contributed by atoms with E-state index in [0.29, 0.717) is 6.61 Å². The summed E-state index contributed by atoms with van der Waals surface area (Å²) in [5.41, 5.74) is -2.60. The molecule has 0 saturated carbocycles. The smallest absolute Gasteiger partial charge is 0.244 e. The Kier molecular flexibility index (Phi) is 19.7. The monoisotopic (exact) mass is 418 g/mol. The molecule has 0 aromatic heterocycles. The molecule has 140 valence electrons. The van der Waals surface area contributed by atoms with Crippen molar-refractivity contribution in [2.45, 2.75) is 65.2 Å². The molecule has 0 aromatic rings. The molecule has 0 amide bonds. The maximum Gasteiger partial charge on any atom is 0.244 e. The number of hydrogen-bond donors (Lipinski definition) is 1. The second kappa shape index (κ2) is 18.4. The molecule has 1 N–H and O–H groups in total. The molecule has 0 spiro atoms. The van der Waals surface area contributed by atoms with Crippen LogP contribution >= 0.6 is 40.6 Å². The van der Waals surface area contributed by atoms with Crippen LogP contribution in [0.25, 0.3) is 0 Å². The Labute approximate surface area is 162 Å². The Bertz CT molecular complexity index is 269. The van der Waals surface area contributed by atoms with Crippen LogP contribution in [0.4, 0.5) is 0 Å². The molecule has 0 aliphatic carbocycles. The van der Waals surface area contributed by atoms with Crippen LogP contribution in [0, 0.1) is 0 Å². The Hall–Kier alpha value is 1.62. The molecule has 0 radical (unpaired) electrons. The first-order valence-electron chi connectivity index (χ1n) is 8.89. The van der Waals surface area contributed by atoms with Gasteiger partial charge in [0.25, 0.3) is 0 Å². The fourth-order valence-electron chi connectivity index (χ4n) is 1.93. The minimum atomic E-state index is -2.60. The van der Waals surface area contributed by atoms with Crippen LogP contribution in [0.3, 0.4) is 0 Å². The molecule has 0 saturated heterocycles. The maximum atomic E-state index is 10.1. The Morgan fingerprint density at radius 1 is 0.783 bits per heavy atom. The lowest BCUT2D eigenvalue weighted by molar-refractivity contribution is 0.344. The fourth-order valence-corrected chi connectivity index (χ4v) is 7.58. The van der Waals surface area contributed by atoms with E-state index in [1.54, 1.807) is 0 Å². The second-order valence-corrected chi connectivity index (χ2v) is 14.2. The van der Waals surface area contributed by atoms with Crippen molar-refractivity contribution >= 4 is 52.4 Å². The number of thioether (sulfide) groups is 2. The van der Waals surface area contributed by atoms with Crippen LogP contribution in [0.2, 0.25) is 0 Å². The summed E-state index contributed by atoms with van der Waals surface area (Å²) in [6, 6.07) is 0. The van der Waals surface area contributed by atoms with E-state index in [-0.39, 0.29) is 0 Å². The third kappa shape index (κ3) is 19.8. The molecule has 0 heterocycles. The zero-order chi connectivity index (χ0) is 17.2. The Balaban J connectivity index is 3.35. The fraction of sp³-hybridized carbons (Fsp3) is 1.00. The van der Waals surface area contributed by atoms with Gasteiger partial charge < -0.3 is 9.42 Å². The van der Waals surface area contributed by atoms with E-state index in [1.165, 1.54) is 74.3 Å². The SMILES string of the molecule is CCCCCCSCCOP(O)(=S)SCCSCCCCCC. The summed E-state index contributed by atoms with van der Waals surface area (Å²) in [6.45, 7) is 5.06. The number of hydrogen-bond acceptors (Lipinski definition) is 5. The zero-order valence-electron chi connectivity index (χ0n) is 14.8. The van der Waals surface area contributed by atoms with Crippen LogP contribution in [0.5, 0.6) is 0 Å². The summed E-state index contributed by atoms with van der Waals surface area (Å²) in [6.07, 6.45) is 10.5.